The lowest BCUT2D eigenvalue weighted by atomic mass is 10.0. The summed E-state index contributed by atoms with van der Waals surface area (Å²) in [6.45, 7) is 15.0. The maximum absolute atomic E-state index is 14.7. The van der Waals surface area contributed by atoms with E-state index in [0.29, 0.717) is 5.56 Å². The summed E-state index contributed by atoms with van der Waals surface area (Å²) in [6, 6.07) is 14.8. The number of pyridine rings is 1. The third-order valence-corrected chi connectivity index (χ3v) is 6.42. The van der Waals surface area contributed by atoms with Gasteiger partial charge in [-0.1, -0.05) is 36.4 Å². The molecule has 3 rings (SSSR count). The Balaban J connectivity index is 0.00000289. The Hall–Kier alpha value is -1.76. The van der Waals surface area contributed by atoms with Gasteiger partial charge in [0.25, 0.3) is 0 Å². The summed E-state index contributed by atoms with van der Waals surface area (Å²) in [6.07, 6.45) is 8.57. The molecule has 6 heteroatoms. The number of aryl methyl sites for hydroxylation is 1. The monoisotopic (exact) mass is 593 g/mol. The summed E-state index contributed by atoms with van der Waals surface area (Å²) in [5.74, 6) is -0.178. The first-order valence-electron chi connectivity index (χ1n) is 12.1. The van der Waals surface area contributed by atoms with Crippen molar-refractivity contribution in [1.82, 2.24) is 0 Å². The molecule has 3 nitrogen and oxygen atoms in total. The van der Waals surface area contributed by atoms with Crippen LogP contribution in [0.5, 0.6) is 0 Å². The fourth-order valence-electron chi connectivity index (χ4n) is 4.31. The standard InChI is InChI=1S/C28H37FN3.2BrH/c1-5-30(6-2)18-10-19-31-20-17-24(28(29)22-31)14-13-23-11-9-12-25-21-26(15-16-27(23)25)32(7-3)8-4;;/h9,11-17,20-22H,5-8,10,18-19H2,1-4H3;2*1H/q+1;;/p-1/b14-13+;;. The molecule has 0 unspecified atom stereocenters. The van der Waals surface area contributed by atoms with Crippen molar-refractivity contribution in [2.75, 3.05) is 37.6 Å². The highest BCUT2D eigenvalue weighted by Crippen LogP contribution is 2.26. The Morgan fingerprint density at radius 3 is 2.26 bits per heavy atom. The van der Waals surface area contributed by atoms with Crippen molar-refractivity contribution in [2.24, 2.45) is 0 Å². The molecule has 3 aromatic rings. The van der Waals surface area contributed by atoms with E-state index >= 15 is 0 Å². The van der Waals surface area contributed by atoms with Crippen LogP contribution in [0.1, 0.15) is 45.2 Å². The Morgan fingerprint density at radius 2 is 1.62 bits per heavy atom. The summed E-state index contributed by atoms with van der Waals surface area (Å²) in [7, 11) is 0. The zero-order valence-electron chi connectivity index (χ0n) is 20.8. The molecule has 0 aliphatic heterocycles. The predicted molar refractivity (Wildman–Crippen MR) is 135 cm³/mol. The van der Waals surface area contributed by atoms with Gasteiger partial charge in [0.1, 0.15) is 0 Å². The van der Waals surface area contributed by atoms with Crippen molar-refractivity contribution in [3.8, 4) is 0 Å². The lowest BCUT2D eigenvalue weighted by Gasteiger charge is -2.21. The minimum absolute atomic E-state index is 0. The van der Waals surface area contributed by atoms with Gasteiger partial charge in [0.2, 0.25) is 6.20 Å². The average molecular weight is 595 g/mol. The molecule has 0 bridgehead atoms. The van der Waals surface area contributed by atoms with Crippen molar-refractivity contribution in [2.45, 2.75) is 40.7 Å². The van der Waals surface area contributed by atoms with E-state index in [1.54, 1.807) is 11.1 Å². The van der Waals surface area contributed by atoms with Crippen LogP contribution in [-0.4, -0.2) is 32.7 Å². The van der Waals surface area contributed by atoms with Crippen molar-refractivity contribution in [1.29, 1.82) is 0 Å². The molecular formula is C28H38Br2FN3. The maximum atomic E-state index is 14.7. The van der Waals surface area contributed by atoms with Crippen LogP contribution in [0.2, 0.25) is 0 Å². The molecule has 0 aliphatic carbocycles. The highest BCUT2D eigenvalue weighted by atomic mass is 79.9. The Morgan fingerprint density at radius 1 is 0.912 bits per heavy atom. The number of quaternary nitrogens is 1. The lowest BCUT2D eigenvalue weighted by Crippen LogP contribution is -3.11. The molecule has 0 aliphatic rings. The van der Waals surface area contributed by atoms with Gasteiger partial charge in [-0.05, 0) is 56.2 Å². The summed E-state index contributed by atoms with van der Waals surface area (Å²) >= 11 is 0. The highest BCUT2D eigenvalue weighted by Gasteiger charge is 2.10. The van der Waals surface area contributed by atoms with Gasteiger partial charge in [0, 0.05) is 30.4 Å². The van der Waals surface area contributed by atoms with Crippen LogP contribution < -0.4 is 48.3 Å². The van der Waals surface area contributed by atoms with E-state index in [2.05, 4.69) is 69.0 Å². The van der Waals surface area contributed by atoms with E-state index < -0.39 is 0 Å². The molecule has 0 fully saturated rings. The molecule has 34 heavy (non-hydrogen) atoms. The fourth-order valence-corrected chi connectivity index (χ4v) is 4.31. The molecule has 0 amide bonds. The Kier molecular flexibility index (Phi) is 13.6. The van der Waals surface area contributed by atoms with Crippen molar-refractivity contribution >= 4 is 28.6 Å². The Labute approximate surface area is 225 Å². The molecule has 186 valence electrons. The third kappa shape index (κ3) is 7.89. The van der Waals surface area contributed by atoms with Crippen molar-refractivity contribution in [3.63, 3.8) is 0 Å². The number of nitrogens with one attached hydrogen (secondary N) is 1. The van der Waals surface area contributed by atoms with Crippen LogP contribution in [0.3, 0.4) is 0 Å². The molecule has 1 N–H and O–H groups in total. The first kappa shape index (κ1) is 30.3. The van der Waals surface area contributed by atoms with E-state index in [9.17, 15) is 4.39 Å². The molecule has 2 aromatic carbocycles. The molecule has 0 saturated heterocycles. The number of benzene rings is 2. The number of hydrogen-bond acceptors (Lipinski definition) is 1. The SMILES string of the molecule is CCN(CC)c1ccc2c(/C=C/c3cc[n+](CCC[NH+](CC)CC)cc3F)cccc2c1.[Br-].[Br-]. The normalized spacial score (nSPS) is 11.0. The van der Waals surface area contributed by atoms with E-state index in [1.807, 2.05) is 29.0 Å². The average Bonchev–Trinajstić information content (AvgIpc) is 2.82. The van der Waals surface area contributed by atoms with E-state index in [-0.39, 0.29) is 39.8 Å². The van der Waals surface area contributed by atoms with Crippen LogP contribution >= 0.6 is 0 Å². The van der Waals surface area contributed by atoms with Crippen LogP contribution in [0.15, 0.2) is 54.9 Å². The van der Waals surface area contributed by atoms with Crippen LogP contribution in [0.25, 0.3) is 22.9 Å². The first-order valence-corrected chi connectivity index (χ1v) is 12.1. The van der Waals surface area contributed by atoms with E-state index in [0.717, 1.165) is 51.3 Å². The number of anilines is 1. The van der Waals surface area contributed by atoms with Gasteiger partial charge in [0.15, 0.2) is 18.6 Å². The lowest BCUT2D eigenvalue weighted by molar-refractivity contribution is -0.899. The second-order valence-corrected chi connectivity index (χ2v) is 8.30. The molecule has 0 radical (unpaired) electrons. The summed E-state index contributed by atoms with van der Waals surface area (Å²) in [5.41, 5.74) is 2.96. The topological polar surface area (TPSA) is 11.6 Å². The van der Waals surface area contributed by atoms with Gasteiger partial charge >= 0.3 is 0 Å². The minimum atomic E-state index is -0.178. The number of hydrogen-bond donors (Lipinski definition) is 1. The number of fused-ring (bicyclic) bond motifs is 1. The molecule has 0 atom stereocenters. The third-order valence-electron chi connectivity index (χ3n) is 6.42. The second kappa shape index (κ2) is 15.3. The number of halogens is 3. The van der Waals surface area contributed by atoms with Gasteiger partial charge in [-0.25, -0.2) is 4.57 Å². The quantitative estimate of drug-likeness (QED) is 0.270. The largest absolute Gasteiger partial charge is 1.00 e. The van der Waals surface area contributed by atoms with E-state index in [1.165, 1.54) is 16.5 Å². The van der Waals surface area contributed by atoms with Crippen molar-refractivity contribution < 1.29 is 47.8 Å². The van der Waals surface area contributed by atoms with E-state index in [4.69, 9.17) is 0 Å². The van der Waals surface area contributed by atoms with Gasteiger partial charge in [-0.3, -0.25) is 0 Å². The van der Waals surface area contributed by atoms with Crippen molar-refractivity contribution in [3.05, 3.63) is 71.8 Å². The minimum Gasteiger partial charge on any atom is -1.00 e. The Bertz CT molecular complexity index is 1050. The summed E-state index contributed by atoms with van der Waals surface area (Å²) in [4.78, 5) is 3.94. The summed E-state index contributed by atoms with van der Waals surface area (Å²) in [5, 5.41) is 2.39. The van der Waals surface area contributed by atoms with Crippen LogP contribution in [0.4, 0.5) is 10.1 Å². The van der Waals surface area contributed by atoms with Crippen LogP contribution in [0, 0.1) is 5.82 Å². The molecule has 1 aromatic heterocycles. The van der Waals surface area contributed by atoms with Gasteiger partial charge in [0.05, 0.1) is 26.1 Å². The first-order chi connectivity index (χ1) is 15.6. The number of rotatable bonds is 11. The van der Waals surface area contributed by atoms with Gasteiger partial charge < -0.3 is 43.8 Å². The maximum Gasteiger partial charge on any atom is 0.205 e. The number of nitrogens with zero attached hydrogens (tertiary/aromatic N) is 2. The zero-order chi connectivity index (χ0) is 22.9. The van der Waals surface area contributed by atoms with Gasteiger partial charge in [-0.15, -0.1) is 0 Å². The second-order valence-electron chi connectivity index (χ2n) is 8.30. The summed E-state index contributed by atoms with van der Waals surface area (Å²) < 4.78 is 16.7. The predicted octanol–water partition coefficient (Wildman–Crippen LogP) is -1.39. The highest BCUT2D eigenvalue weighted by molar-refractivity contribution is 5.94. The zero-order valence-corrected chi connectivity index (χ0v) is 24.0. The molecule has 1 heterocycles. The van der Waals surface area contributed by atoms with Crippen LogP contribution in [-0.2, 0) is 6.54 Å². The van der Waals surface area contributed by atoms with Gasteiger partial charge in [-0.2, -0.15) is 4.39 Å². The molecule has 0 spiro atoms. The number of aromatic nitrogens is 1. The smallest absolute Gasteiger partial charge is 0.205 e. The molecule has 0 saturated carbocycles. The molecular weight excluding hydrogens is 557 g/mol. The fraction of sp³-hybridized carbons (Fsp3) is 0.393.